The molecule has 0 saturated carbocycles. The van der Waals surface area contributed by atoms with Gasteiger partial charge in [0.2, 0.25) is 0 Å². The summed E-state index contributed by atoms with van der Waals surface area (Å²) in [5.41, 5.74) is 1.20. The van der Waals surface area contributed by atoms with E-state index in [1.54, 1.807) is 42.5 Å². The first-order chi connectivity index (χ1) is 14.1. The Balaban J connectivity index is 1.54. The number of phenols is 1. The molecule has 1 aliphatic heterocycles. The number of rotatable bonds is 7. The Kier molecular flexibility index (Phi) is 6.89. The predicted molar refractivity (Wildman–Crippen MR) is 110 cm³/mol. The van der Waals surface area contributed by atoms with Crippen molar-refractivity contribution in [3.8, 4) is 17.2 Å². The fourth-order valence-electron chi connectivity index (χ4n) is 3.17. The number of hydrogen-bond acceptors (Lipinski definition) is 5. The second-order valence-electron chi connectivity index (χ2n) is 6.88. The monoisotopic (exact) mass is 395 g/mol. The molecule has 29 heavy (non-hydrogen) atoms. The van der Waals surface area contributed by atoms with Crippen molar-refractivity contribution < 1.29 is 24.2 Å². The van der Waals surface area contributed by atoms with Gasteiger partial charge in [-0.1, -0.05) is 12.1 Å². The summed E-state index contributed by atoms with van der Waals surface area (Å²) in [6.45, 7) is 1.61. The highest BCUT2D eigenvalue weighted by molar-refractivity contribution is 6.06. The minimum atomic E-state index is -0.170. The van der Waals surface area contributed by atoms with E-state index in [1.165, 1.54) is 25.7 Å². The summed E-state index contributed by atoms with van der Waals surface area (Å²) in [6.07, 6.45) is 6.34. The summed E-state index contributed by atoms with van der Waals surface area (Å²) >= 11 is 0. The Bertz CT molecular complexity index is 883. The van der Waals surface area contributed by atoms with Gasteiger partial charge in [-0.25, -0.2) is 0 Å². The quantitative estimate of drug-likeness (QED) is 0.572. The number of nitrogens with zero attached hydrogens (tertiary/aromatic N) is 1. The standard InChI is InChI=1S/C23H25NO5/c1-28-22-12-6-17(15-21(22)26)5-11-20(25)18-7-9-19(10-8-18)29-16-23(27)24-13-3-2-4-14-24/h5-12,15,26H,2-4,13-14,16H2,1H3/b11-5+. The van der Waals surface area contributed by atoms with Gasteiger partial charge < -0.3 is 19.5 Å². The molecular formula is C23H25NO5. The molecule has 0 unspecified atom stereocenters. The molecule has 6 nitrogen and oxygen atoms in total. The fraction of sp³-hybridized carbons (Fsp3) is 0.304. The Morgan fingerprint density at radius 2 is 1.79 bits per heavy atom. The number of aromatic hydroxyl groups is 1. The average Bonchev–Trinajstić information content (AvgIpc) is 2.77. The lowest BCUT2D eigenvalue weighted by Crippen LogP contribution is -2.38. The summed E-state index contributed by atoms with van der Waals surface area (Å²) < 4.78 is 10.6. The van der Waals surface area contributed by atoms with Crippen LogP contribution in [0.25, 0.3) is 6.08 Å². The smallest absolute Gasteiger partial charge is 0.260 e. The topological polar surface area (TPSA) is 76.1 Å². The van der Waals surface area contributed by atoms with Gasteiger partial charge in [0.15, 0.2) is 23.9 Å². The van der Waals surface area contributed by atoms with Gasteiger partial charge >= 0.3 is 0 Å². The maximum Gasteiger partial charge on any atom is 0.260 e. The van der Waals surface area contributed by atoms with Crippen molar-refractivity contribution in [1.82, 2.24) is 4.90 Å². The molecule has 1 aliphatic rings. The van der Waals surface area contributed by atoms with Crippen LogP contribution in [-0.4, -0.2) is 48.5 Å². The van der Waals surface area contributed by atoms with Gasteiger partial charge in [0.1, 0.15) is 5.75 Å². The SMILES string of the molecule is COc1ccc(/C=C/C(=O)c2ccc(OCC(=O)N3CCCCC3)cc2)cc1O. The van der Waals surface area contributed by atoms with Gasteiger partial charge in [0, 0.05) is 18.7 Å². The number of hydrogen-bond donors (Lipinski definition) is 1. The van der Waals surface area contributed by atoms with Gasteiger partial charge in [-0.15, -0.1) is 0 Å². The number of carbonyl (C=O) groups is 2. The van der Waals surface area contributed by atoms with E-state index in [-0.39, 0.29) is 24.0 Å². The van der Waals surface area contributed by atoms with Crippen molar-refractivity contribution in [3.63, 3.8) is 0 Å². The number of likely N-dealkylation sites (tertiary alicyclic amines) is 1. The zero-order chi connectivity index (χ0) is 20.6. The van der Waals surface area contributed by atoms with Crippen molar-refractivity contribution in [2.45, 2.75) is 19.3 Å². The van der Waals surface area contributed by atoms with Gasteiger partial charge in [0.25, 0.3) is 5.91 Å². The largest absolute Gasteiger partial charge is 0.504 e. The van der Waals surface area contributed by atoms with Crippen LogP contribution in [0.2, 0.25) is 0 Å². The van der Waals surface area contributed by atoms with Crippen molar-refractivity contribution in [2.75, 3.05) is 26.8 Å². The highest BCUT2D eigenvalue weighted by atomic mass is 16.5. The Morgan fingerprint density at radius 1 is 1.07 bits per heavy atom. The number of methoxy groups -OCH3 is 1. The average molecular weight is 395 g/mol. The predicted octanol–water partition coefficient (Wildman–Crippen LogP) is 3.69. The number of amides is 1. The van der Waals surface area contributed by atoms with Crippen LogP contribution < -0.4 is 9.47 Å². The highest BCUT2D eigenvalue weighted by Gasteiger charge is 2.16. The van der Waals surface area contributed by atoms with Crippen LogP contribution in [0.4, 0.5) is 0 Å². The van der Waals surface area contributed by atoms with E-state index < -0.39 is 0 Å². The summed E-state index contributed by atoms with van der Waals surface area (Å²) in [4.78, 5) is 26.3. The second-order valence-corrected chi connectivity index (χ2v) is 6.88. The normalized spacial score (nSPS) is 14.0. The van der Waals surface area contributed by atoms with Crippen LogP contribution in [0.3, 0.4) is 0 Å². The van der Waals surface area contributed by atoms with Gasteiger partial charge in [-0.05, 0) is 67.3 Å². The van der Waals surface area contributed by atoms with E-state index in [9.17, 15) is 14.7 Å². The van der Waals surface area contributed by atoms with Crippen LogP contribution in [0.1, 0.15) is 35.2 Å². The van der Waals surface area contributed by atoms with Crippen molar-refractivity contribution >= 4 is 17.8 Å². The molecule has 1 N–H and O–H groups in total. The molecule has 0 spiro atoms. The lowest BCUT2D eigenvalue weighted by atomic mass is 10.1. The number of piperidine rings is 1. The van der Waals surface area contributed by atoms with Crippen LogP contribution in [-0.2, 0) is 4.79 Å². The van der Waals surface area contributed by atoms with Crippen LogP contribution in [0, 0.1) is 0 Å². The molecule has 1 heterocycles. The Morgan fingerprint density at radius 3 is 2.45 bits per heavy atom. The minimum Gasteiger partial charge on any atom is -0.504 e. The highest BCUT2D eigenvalue weighted by Crippen LogP contribution is 2.26. The minimum absolute atomic E-state index is 0.00414. The molecule has 6 heteroatoms. The first kappa shape index (κ1) is 20.5. The maximum absolute atomic E-state index is 12.3. The molecule has 0 atom stereocenters. The maximum atomic E-state index is 12.3. The van der Waals surface area contributed by atoms with Crippen LogP contribution in [0.15, 0.2) is 48.5 Å². The summed E-state index contributed by atoms with van der Waals surface area (Å²) in [7, 11) is 1.48. The first-order valence-electron chi connectivity index (χ1n) is 9.67. The molecule has 152 valence electrons. The zero-order valence-corrected chi connectivity index (χ0v) is 16.5. The summed E-state index contributed by atoms with van der Waals surface area (Å²) in [5.74, 6) is 0.772. The molecule has 1 saturated heterocycles. The number of ketones is 1. The molecule has 2 aromatic carbocycles. The second kappa shape index (κ2) is 9.78. The number of phenolic OH excluding ortho intramolecular Hbond substituents is 1. The molecule has 0 radical (unpaired) electrons. The third-order valence-electron chi connectivity index (χ3n) is 4.84. The molecule has 0 aromatic heterocycles. The van der Waals surface area contributed by atoms with Gasteiger partial charge in [-0.2, -0.15) is 0 Å². The lowest BCUT2D eigenvalue weighted by molar-refractivity contribution is -0.134. The lowest BCUT2D eigenvalue weighted by Gasteiger charge is -2.26. The van der Waals surface area contributed by atoms with Crippen molar-refractivity contribution in [3.05, 3.63) is 59.7 Å². The Labute approximate surface area is 170 Å². The molecular weight excluding hydrogens is 370 g/mol. The molecule has 0 aliphatic carbocycles. The molecule has 1 amide bonds. The van der Waals surface area contributed by atoms with Gasteiger partial charge in [-0.3, -0.25) is 9.59 Å². The van der Waals surface area contributed by atoms with Crippen molar-refractivity contribution in [1.29, 1.82) is 0 Å². The van der Waals surface area contributed by atoms with Crippen LogP contribution in [0.5, 0.6) is 17.2 Å². The summed E-state index contributed by atoms with van der Waals surface area (Å²) in [6, 6.07) is 11.6. The van der Waals surface area contributed by atoms with E-state index >= 15 is 0 Å². The number of ether oxygens (including phenoxy) is 2. The van der Waals surface area contributed by atoms with Gasteiger partial charge in [0.05, 0.1) is 7.11 Å². The fourth-order valence-corrected chi connectivity index (χ4v) is 3.17. The van der Waals surface area contributed by atoms with E-state index in [0.29, 0.717) is 22.6 Å². The molecule has 3 rings (SSSR count). The molecule has 1 fully saturated rings. The third-order valence-corrected chi connectivity index (χ3v) is 4.84. The van der Waals surface area contributed by atoms with E-state index in [1.807, 2.05) is 4.90 Å². The van der Waals surface area contributed by atoms with E-state index in [4.69, 9.17) is 9.47 Å². The number of benzene rings is 2. The number of carbonyl (C=O) groups excluding carboxylic acids is 2. The first-order valence-corrected chi connectivity index (χ1v) is 9.67. The van der Waals surface area contributed by atoms with Crippen LogP contribution >= 0.6 is 0 Å². The zero-order valence-electron chi connectivity index (χ0n) is 16.5. The number of allylic oxidation sites excluding steroid dienone is 1. The van der Waals surface area contributed by atoms with Crippen molar-refractivity contribution in [2.24, 2.45) is 0 Å². The molecule has 2 aromatic rings. The molecule has 0 bridgehead atoms. The Hall–Kier alpha value is -3.28. The van der Waals surface area contributed by atoms with E-state index in [2.05, 4.69) is 0 Å². The van der Waals surface area contributed by atoms with E-state index in [0.717, 1.165) is 25.9 Å². The third kappa shape index (κ3) is 5.60. The summed E-state index contributed by atoms with van der Waals surface area (Å²) in [5, 5.41) is 9.79.